The summed E-state index contributed by atoms with van der Waals surface area (Å²) in [6, 6.07) is 5.62. The van der Waals surface area contributed by atoms with Crippen LogP contribution < -0.4 is 5.32 Å². The number of hydrogen-bond donors (Lipinski definition) is 1. The largest absolute Gasteiger partial charge is 0.373 e. The van der Waals surface area contributed by atoms with Crippen LogP contribution in [0.5, 0.6) is 0 Å². The van der Waals surface area contributed by atoms with Crippen molar-refractivity contribution in [1.29, 1.82) is 0 Å². The van der Waals surface area contributed by atoms with E-state index in [1.165, 1.54) is 33.3 Å². The first-order valence-electron chi connectivity index (χ1n) is 9.27. The van der Waals surface area contributed by atoms with E-state index in [1.807, 2.05) is 13.8 Å². The maximum Gasteiger partial charge on any atom is 0.273 e. The quantitative estimate of drug-likeness (QED) is 0.737. The highest BCUT2D eigenvalue weighted by Crippen LogP contribution is 2.15. The summed E-state index contributed by atoms with van der Waals surface area (Å²) in [6.07, 6.45) is -0.348. The molecule has 2 heterocycles. The van der Waals surface area contributed by atoms with E-state index in [2.05, 4.69) is 15.6 Å². The van der Waals surface area contributed by atoms with Crippen LogP contribution >= 0.6 is 0 Å². The normalized spacial score (nSPS) is 20.6. The fourth-order valence-corrected chi connectivity index (χ4v) is 4.72. The van der Waals surface area contributed by atoms with E-state index in [0.29, 0.717) is 24.5 Å². The third-order valence-electron chi connectivity index (χ3n) is 4.61. The lowest BCUT2D eigenvalue weighted by atomic mass is 10.3. The molecule has 29 heavy (non-hydrogen) atoms. The van der Waals surface area contributed by atoms with E-state index >= 15 is 0 Å². The number of nitrogens with zero attached hydrogens (tertiary/aromatic N) is 4. The van der Waals surface area contributed by atoms with Crippen molar-refractivity contribution in [3.63, 3.8) is 0 Å². The van der Waals surface area contributed by atoms with Crippen LogP contribution in [-0.4, -0.2) is 71.2 Å². The first kappa shape index (κ1) is 21.3. The number of carbonyl (C=O) groups is 1. The van der Waals surface area contributed by atoms with E-state index < -0.39 is 15.9 Å². The zero-order chi connectivity index (χ0) is 21.2. The van der Waals surface area contributed by atoms with Crippen LogP contribution in [0, 0.1) is 12.7 Å². The minimum absolute atomic E-state index is 0.0515. The summed E-state index contributed by atoms with van der Waals surface area (Å²) in [5.74, 6) is -1.12. The molecule has 11 heteroatoms. The molecule has 0 bridgehead atoms. The molecule has 0 aliphatic carbocycles. The van der Waals surface area contributed by atoms with Gasteiger partial charge in [0.25, 0.3) is 5.91 Å². The highest BCUT2D eigenvalue weighted by molar-refractivity contribution is 7.89. The standard InChI is InChI=1S/C18H24FN5O4S/c1-12-10-23(11-13(2)28-12)29(26,27)9-8-20-18(25)17-14(3)24(22-21-17)16-6-4-15(19)5-7-16/h4-7,12-13H,8-11H2,1-3H3,(H,20,25). The molecule has 0 saturated carbocycles. The van der Waals surface area contributed by atoms with Gasteiger partial charge in [0.05, 0.1) is 29.3 Å². The van der Waals surface area contributed by atoms with Gasteiger partial charge in [0.2, 0.25) is 10.0 Å². The number of sulfonamides is 1. The van der Waals surface area contributed by atoms with Crippen LogP contribution in [0.2, 0.25) is 0 Å². The van der Waals surface area contributed by atoms with Crippen molar-refractivity contribution in [2.75, 3.05) is 25.4 Å². The molecule has 3 rings (SSSR count). The Kier molecular flexibility index (Phi) is 6.30. The summed E-state index contributed by atoms with van der Waals surface area (Å²) < 4.78 is 46.5. The molecule has 2 atom stereocenters. The molecule has 1 fully saturated rings. The Morgan fingerprint density at radius 2 is 1.86 bits per heavy atom. The third kappa shape index (κ3) is 4.98. The summed E-state index contributed by atoms with van der Waals surface area (Å²) in [4.78, 5) is 12.4. The first-order chi connectivity index (χ1) is 13.7. The maximum absolute atomic E-state index is 13.1. The highest BCUT2D eigenvalue weighted by Gasteiger charge is 2.30. The number of amides is 1. The molecule has 2 unspecified atom stereocenters. The number of morpholine rings is 1. The van der Waals surface area contributed by atoms with Crippen molar-refractivity contribution in [1.82, 2.24) is 24.6 Å². The SMILES string of the molecule is Cc1c(C(=O)NCCS(=O)(=O)N2CC(C)OC(C)C2)nnn1-c1ccc(F)cc1. The second-order valence-corrected chi connectivity index (χ2v) is 9.15. The third-order valence-corrected chi connectivity index (χ3v) is 6.41. The van der Waals surface area contributed by atoms with Crippen LogP contribution in [-0.2, 0) is 14.8 Å². The molecule has 158 valence electrons. The summed E-state index contributed by atoms with van der Waals surface area (Å²) in [6.45, 7) is 5.85. The lowest BCUT2D eigenvalue weighted by Crippen LogP contribution is -2.49. The molecule has 0 radical (unpaired) electrons. The van der Waals surface area contributed by atoms with E-state index in [9.17, 15) is 17.6 Å². The number of ether oxygens (including phenoxy) is 1. The van der Waals surface area contributed by atoms with Gasteiger partial charge in [-0.2, -0.15) is 4.31 Å². The van der Waals surface area contributed by atoms with E-state index in [0.717, 1.165) is 0 Å². The number of carbonyl (C=O) groups excluding carboxylic acids is 1. The number of aromatic nitrogens is 3. The van der Waals surface area contributed by atoms with Gasteiger partial charge in [-0.3, -0.25) is 4.79 Å². The van der Waals surface area contributed by atoms with Gasteiger partial charge in [0, 0.05) is 19.6 Å². The van der Waals surface area contributed by atoms with Crippen LogP contribution in [0.4, 0.5) is 4.39 Å². The number of halogens is 1. The molecular weight excluding hydrogens is 401 g/mol. The van der Waals surface area contributed by atoms with Gasteiger partial charge >= 0.3 is 0 Å². The molecule has 1 aliphatic heterocycles. The Hall–Kier alpha value is -2.37. The van der Waals surface area contributed by atoms with Crippen molar-refractivity contribution >= 4 is 15.9 Å². The van der Waals surface area contributed by atoms with Gasteiger partial charge in [-0.05, 0) is 45.0 Å². The van der Waals surface area contributed by atoms with Gasteiger partial charge in [0.1, 0.15) is 5.82 Å². The van der Waals surface area contributed by atoms with Crippen LogP contribution in [0.25, 0.3) is 5.69 Å². The lowest BCUT2D eigenvalue weighted by Gasteiger charge is -2.34. The summed E-state index contributed by atoms with van der Waals surface area (Å²) >= 11 is 0. The van der Waals surface area contributed by atoms with Crippen molar-refractivity contribution < 1.29 is 22.3 Å². The van der Waals surface area contributed by atoms with Crippen molar-refractivity contribution in [3.05, 3.63) is 41.5 Å². The summed E-state index contributed by atoms with van der Waals surface area (Å²) in [5, 5.41) is 10.4. The summed E-state index contributed by atoms with van der Waals surface area (Å²) in [5.41, 5.74) is 1.11. The average Bonchev–Trinajstić information content (AvgIpc) is 3.03. The fourth-order valence-electron chi connectivity index (χ4n) is 3.23. The van der Waals surface area contributed by atoms with Crippen LogP contribution in [0.15, 0.2) is 24.3 Å². The molecule has 1 aromatic carbocycles. The van der Waals surface area contributed by atoms with Gasteiger partial charge in [0.15, 0.2) is 5.69 Å². The Morgan fingerprint density at radius 3 is 2.48 bits per heavy atom. The topological polar surface area (TPSA) is 106 Å². The van der Waals surface area contributed by atoms with E-state index in [1.54, 1.807) is 6.92 Å². The number of hydrogen-bond acceptors (Lipinski definition) is 6. The number of rotatable bonds is 6. The van der Waals surface area contributed by atoms with Gasteiger partial charge in [-0.25, -0.2) is 17.5 Å². The van der Waals surface area contributed by atoms with Gasteiger partial charge < -0.3 is 10.1 Å². The first-order valence-corrected chi connectivity index (χ1v) is 10.9. The van der Waals surface area contributed by atoms with Crippen LogP contribution in [0.1, 0.15) is 30.0 Å². The van der Waals surface area contributed by atoms with E-state index in [4.69, 9.17) is 4.74 Å². The fraction of sp³-hybridized carbons (Fsp3) is 0.500. The Bertz CT molecular complexity index is 967. The number of nitrogens with one attached hydrogen (secondary N) is 1. The minimum atomic E-state index is -3.52. The second kappa shape index (κ2) is 8.56. The summed E-state index contributed by atoms with van der Waals surface area (Å²) in [7, 11) is -3.52. The second-order valence-electron chi connectivity index (χ2n) is 7.06. The highest BCUT2D eigenvalue weighted by atomic mass is 32.2. The maximum atomic E-state index is 13.1. The molecule has 1 aromatic heterocycles. The molecule has 0 spiro atoms. The Balaban J connectivity index is 1.60. The van der Waals surface area contributed by atoms with Gasteiger partial charge in [-0.15, -0.1) is 5.10 Å². The molecule has 9 nitrogen and oxygen atoms in total. The Morgan fingerprint density at radius 1 is 1.24 bits per heavy atom. The average molecular weight is 425 g/mol. The smallest absolute Gasteiger partial charge is 0.273 e. The predicted molar refractivity (Wildman–Crippen MR) is 104 cm³/mol. The monoisotopic (exact) mass is 425 g/mol. The Labute approximate surface area is 168 Å². The minimum Gasteiger partial charge on any atom is -0.373 e. The van der Waals surface area contributed by atoms with Crippen LogP contribution in [0.3, 0.4) is 0 Å². The van der Waals surface area contributed by atoms with Crippen molar-refractivity contribution in [3.8, 4) is 5.69 Å². The zero-order valence-corrected chi connectivity index (χ0v) is 17.3. The molecule has 2 aromatic rings. The van der Waals surface area contributed by atoms with E-state index in [-0.39, 0.29) is 36.0 Å². The molecule has 1 amide bonds. The predicted octanol–water partition coefficient (Wildman–Crippen LogP) is 0.884. The number of benzene rings is 1. The molecule has 1 N–H and O–H groups in total. The molecular formula is C18H24FN5O4S. The van der Waals surface area contributed by atoms with Crippen molar-refractivity contribution in [2.45, 2.75) is 33.0 Å². The van der Waals surface area contributed by atoms with Crippen molar-refractivity contribution in [2.24, 2.45) is 0 Å². The zero-order valence-electron chi connectivity index (χ0n) is 16.5. The lowest BCUT2D eigenvalue weighted by molar-refractivity contribution is -0.0440. The molecule has 1 aliphatic rings. The molecule has 1 saturated heterocycles. The van der Waals surface area contributed by atoms with Gasteiger partial charge in [-0.1, -0.05) is 5.21 Å².